The Kier molecular flexibility index (Phi) is 16.1. The molecule has 8 heteroatoms. The van der Waals surface area contributed by atoms with Crippen molar-refractivity contribution >= 4 is 0 Å². The van der Waals surface area contributed by atoms with E-state index in [0.29, 0.717) is 72.7 Å². The Morgan fingerprint density at radius 2 is 1.00 bits per heavy atom. The number of hydrogen-bond donors (Lipinski definition) is 0. The highest BCUT2D eigenvalue weighted by atomic mass is 16.6. The van der Waals surface area contributed by atoms with E-state index < -0.39 is 0 Å². The molecule has 1 saturated heterocycles. The van der Waals surface area contributed by atoms with E-state index in [-0.39, 0.29) is 24.4 Å². The number of hydrogen-bond acceptors (Lipinski definition) is 8. The van der Waals surface area contributed by atoms with Crippen LogP contribution in [0.4, 0.5) is 0 Å². The average molecular weight is 409 g/mol. The lowest BCUT2D eigenvalue weighted by atomic mass is 10.3. The molecule has 3 unspecified atom stereocenters. The summed E-state index contributed by atoms with van der Waals surface area (Å²) in [6.07, 6.45) is -0.127. The maximum Gasteiger partial charge on any atom is 0.104 e. The van der Waals surface area contributed by atoms with E-state index in [4.69, 9.17) is 37.9 Å². The Labute approximate surface area is 170 Å². The van der Waals surface area contributed by atoms with Crippen molar-refractivity contribution in [2.45, 2.75) is 52.1 Å². The van der Waals surface area contributed by atoms with E-state index in [1.165, 1.54) is 0 Å². The number of ether oxygens (including phenoxy) is 8. The van der Waals surface area contributed by atoms with Crippen LogP contribution in [0.1, 0.15) is 27.7 Å². The van der Waals surface area contributed by atoms with Gasteiger partial charge in [0.05, 0.1) is 52.9 Å². The highest BCUT2D eigenvalue weighted by Gasteiger charge is 2.25. The van der Waals surface area contributed by atoms with Gasteiger partial charge in [0, 0.05) is 26.4 Å². The van der Waals surface area contributed by atoms with Crippen molar-refractivity contribution in [3.05, 3.63) is 0 Å². The summed E-state index contributed by atoms with van der Waals surface area (Å²) in [6, 6.07) is 0. The van der Waals surface area contributed by atoms with Crippen LogP contribution in [0.3, 0.4) is 0 Å². The fourth-order valence-corrected chi connectivity index (χ4v) is 2.47. The molecule has 0 spiro atoms. The second-order valence-corrected chi connectivity index (χ2v) is 6.46. The summed E-state index contributed by atoms with van der Waals surface area (Å²) in [7, 11) is 0. The van der Waals surface area contributed by atoms with Gasteiger partial charge in [0.2, 0.25) is 0 Å². The van der Waals surface area contributed by atoms with Crippen molar-refractivity contribution < 1.29 is 37.9 Å². The lowest BCUT2D eigenvalue weighted by Crippen LogP contribution is -2.33. The predicted octanol–water partition coefficient (Wildman–Crippen LogP) is 1.69. The Balaban J connectivity index is 2.32. The molecule has 0 aromatic rings. The van der Waals surface area contributed by atoms with Crippen LogP contribution in [0, 0.1) is 0 Å². The topological polar surface area (TPSA) is 77.1 Å². The van der Waals surface area contributed by atoms with Crippen molar-refractivity contribution in [2.75, 3.05) is 79.3 Å². The molecule has 3 atom stereocenters. The van der Waals surface area contributed by atoms with Gasteiger partial charge in [-0.05, 0) is 27.7 Å². The maximum absolute atomic E-state index is 5.89. The van der Waals surface area contributed by atoms with E-state index in [9.17, 15) is 0 Å². The van der Waals surface area contributed by atoms with Crippen molar-refractivity contribution in [1.82, 2.24) is 0 Å². The quantitative estimate of drug-likeness (QED) is 0.266. The van der Waals surface area contributed by atoms with Crippen molar-refractivity contribution in [3.8, 4) is 0 Å². The van der Waals surface area contributed by atoms with Crippen molar-refractivity contribution in [2.24, 2.45) is 0 Å². The summed E-state index contributed by atoms with van der Waals surface area (Å²) in [5.74, 6) is 0. The van der Waals surface area contributed by atoms with E-state index >= 15 is 0 Å². The first-order valence-corrected chi connectivity index (χ1v) is 10.5. The zero-order valence-corrected chi connectivity index (χ0v) is 18.1. The van der Waals surface area contributed by atoms with Crippen LogP contribution in [-0.2, 0) is 37.9 Å². The first-order chi connectivity index (χ1) is 13.7. The van der Waals surface area contributed by atoms with Gasteiger partial charge >= 0.3 is 0 Å². The van der Waals surface area contributed by atoms with Gasteiger partial charge in [-0.25, -0.2) is 0 Å². The van der Waals surface area contributed by atoms with Crippen LogP contribution in [0.25, 0.3) is 0 Å². The highest BCUT2D eigenvalue weighted by Crippen LogP contribution is 2.11. The van der Waals surface area contributed by atoms with Gasteiger partial charge < -0.3 is 37.9 Å². The van der Waals surface area contributed by atoms with Gasteiger partial charge in [0.1, 0.15) is 24.4 Å². The largest absolute Gasteiger partial charge is 0.379 e. The minimum atomic E-state index is -0.173. The van der Waals surface area contributed by atoms with Gasteiger partial charge in [-0.3, -0.25) is 0 Å². The first-order valence-electron chi connectivity index (χ1n) is 10.5. The minimum absolute atomic E-state index is 0.0770. The third-order valence-electron chi connectivity index (χ3n) is 3.96. The van der Waals surface area contributed by atoms with E-state index in [1.54, 1.807) is 0 Å². The summed E-state index contributed by atoms with van der Waals surface area (Å²) in [5.41, 5.74) is 0. The molecule has 0 radical (unpaired) electrons. The monoisotopic (exact) mass is 408 g/mol. The molecule has 0 N–H and O–H groups in total. The van der Waals surface area contributed by atoms with Gasteiger partial charge in [0.15, 0.2) is 0 Å². The van der Waals surface area contributed by atoms with Crippen LogP contribution < -0.4 is 0 Å². The summed E-state index contributed by atoms with van der Waals surface area (Å²) in [4.78, 5) is 0. The van der Waals surface area contributed by atoms with E-state index in [0.717, 1.165) is 6.61 Å². The molecule has 8 nitrogen and oxygen atoms in total. The molecule has 1 aliphatic heterocycles. The fraction of sp³-hybridized carbons (Fsp3) is 1.00. The highest BCUT2D eigenvalue weighted by molar-refractivity contribution is 4.69. The molecule has 1 aliphatic rings. The summed E-state index contributed by atoms with van der Waals surface area (Å²) in [5, 5.41) is 0. The van der Waals surface area contributed by atoms with E-state index in [2.05, 4.69) is 0 Å². The number of epoxide rings is 1. The van der Waals surface area contributed by atoms with Crippen molar-refractivity contribution in [3.63, 3.8) is 0 Å². The Hall–Kier alpha value is -0.320. The van der Waals surface area contributed by atoms with Crippen LogP contribution in [-0.4, -0.2) is 104 Å². The SMILES string of the molecule is CCOCC(COCC(COCC(COCC)OCC)OCC1CO1)OCC. The summed E-state index contributed by atoms with van der Waals surface area (Å²) in [6.45, 7) is 14.6. The third-order valence-corrected chi connectivity index (χ3v) is 3.96. The first kappa shape index (κ1) is 25.7. The zero-order chi connectivity index (χ0) is 20.5. The minimum Gasteiger partial charge on any atom is -0.379 e. The molecule has 0 aliphatic carbocycles. The molecule has 0 bridgehead atoms. The lowest BCUT2D eigenvalue weighted by Gasteiger charge is -2.22. The smallest absolute Gasteiger partial charge is 0.104 e. The van der Waals surface area contributed by atoms with Gasteiger partial charge in [-0.2, -0.15) is 0 Å². The van der Waals surface area contributed by atoms with Gasteiger partial charge in [-0.1, -0.05) is 0 Å². The lowest BCUT2D eigenvalue weighted by molar-refractivity contribution is -0.108. The van der Waals surface area contributed by atoms with Crippen LogP contribution >= 0.6 is 0 Å². The molecule has 0 aromatic heterocycles. The molecule has 1 rings (SSSR count). The fourth-order valence-electron chi connectivity index (χ4n) is 2.47. The van der Waals surface area contributed by atoms with Gasteiger partial charge in [-0.15, -0.1) is 0 Å². The average Bonchev–Trinajstić information content (AvgIpc) is 3.52. The Bertz CT molecular complexity index is 316. The Morgan fingerprint density at radius 1 is 0.607 bits per heavy atom. The maximum atomic E-state index is 5.89. The third kappa shape index (κ3) is 13.8. The van der Waals surface area contributed by atoms with Gasteiger partial charge in [0.25, 0.3) is 0 Å². The summed E-state index contributed by atoms with van der Waals surface area (Å²) < 4.78 is 44.9. The van der Waals surface area contributed by atoms with Crippen LogP contribution in [0.2, 0.25) is 0 Å². The molecular formula is C20H40O8. The normalized spacial score (nSPS) is 19.5. The zero-order valence-electron chi connectivity index (χ0n) is 18.1. The molecule has 1 fully saturated rings. The van der Waals surface area contributed by atoms with Crippen LogP contribution in [0.5, 0.6) is 0 Å². The molecule has 28 heavy (non-hydrogen) atoms. The van der Waals surface area contributed by atoms with Crippen molar-refractivity contribution in [1.29, 1.82) is 0 Å². The molecule has 1 heterocycles. The molecule has 168 valence electrons. The summed E-state index contributed by atoms with van der Waals surface area (Å²) >= 11 is 0. The standard InChI is InChI=1S/C20H40O8/c1-5-21-9-17(25-7-3)11-23-13-19(27-15-20-16-28-20)14-24-12-18(26-8-4)10-22-6-2/h17-20H,5-16H2,1-4H3. The molecule has 0 saturated carbocycles. The Morgan fingerprint density at radius 3 is 1.36 bits per heavy atom. The molecular weight excluding hydrogens is 368 g/mol. The molecule has 0 amide bonds. The number of rotatable bonds is 21. The predicted molar refractivity (Wildman–Crippen MR) is 105 cm³/mol. The second kappa shape index (κ2) is 17.5. The van der Waals surface area contributed by atoms with Crippen LogP contribution in [0.15, 0.2) is 0 Å². The van der Waals surface area contributed by atoms with E-state index in [1.807, 2.05) is 27.7 Å². The second-order valence-electron chi connectivity index (χ2n) is 6.46. The molecule has 0 aromatic carbocycles.